The minimum Gasteiger partial charge on any atom is -0.450 e. The summed E-state index contributed by atoms with van der Waals surface area (Å²) in [6.45, 7) is 0.829. The maximum absolute atomic E-state index is 11.6. The highest BCUT2D eigenvalue weighted by Crippen LogP contribution is 2.54. The molecule has 0 radical (unpaired) electrons. The fourth-order valence-electron chi connectivity index (χ4n) is 4.32. The second-order valence-electron chi connectivity index (χ2n) is 5.83. The van der Waals surface area contributed by atoms with E-state index < -0.39 is 5.60 Å². The number of methoxy groups -OCH3 is 1. The van der Waals surface area contributed by atoms with Gasteiger partial charge in [-0.25, -0.2) is 4.79 Å². The van der Waals surface area contributed by atoms with Gasteiger partial charge >= 0.3 is 5.97 Å². The number of ether oxygens (including phenoxy) is 2. The van der Waals surface area contributed by atoms with Crippen molar-refractivity contribution in [3.05, 3.63) is 11.6 Å². The van der Waals surface area contributed by atoms with E-state index in [1.807, 2.05) is 0 Å². The predicted molar refractivity (Wildman–Crippen MR) is 61.8 cm³/mol. The number of aliphatic hydroxyl groups excluding tert-OH is 1. The Morgan fingerprint density at radius 2 is 2.44 bits per heavy atom. The first kappa shape index (κ1) is 11.0. The smallest absolute Gasteiger partial charge is 0.331 e. The van der Waals surface area contributed by atoms with Crippen LogP contribution in [0.2, 0.25) is 0 Å². The summed E-state index contributed by atoms with van der Waals surface area (Å²) in [7, 11) is 1.72. The lowest BCUT2D eigenvalue weighted by Crippen LogP contribution is -2.44. The highest BCUT2D eigenvalue weighted by molar-refractivity contribution is 5.87. The molecule has 3 aliphatic heterocycles. The molecule has 4 rings (SSSR count). The highest BCUT2D eigenvalue weighted by atomic mass is 16.6. The molecule has 98 valence electrons. The quantitative estimate of drug-likeness (QED) is 0.656. The molecule has 0 aromatic heterocycles. The van der Waals surface area contributed by atoms with Crippen molar-refractivity contribution < 1.29 is 19.4 Å². The Morgan fingerprint density at radius 1 is 1.61 bits per heavy atom. The zero-order chi connectivity index (χ0) is 12.5. The molecule has 5 nitrogen and oxygen atoms in total. The lowest BCUT2D eigenvalue weighted by atomic mass is 9.76. The maximum atomic E-state index is 11.6. The molecule has 18 heavy (non-hydrogen) atoms. The molecule has 5 heteroatoms. The molecule has 4 aliphatic rings. The number of aliphatic hydroxyl groups is 1. The molecular formula is C13H17NO4. The Bertz CT molecular complexity index is 448. The van der Waals surface area contributed by atoms with Crippen molar-refractivity contribution in [3.8, 4) is 0 Å². The van der Waals surface area contributed by atoms with Crippen molar-refractivity contribution in [1.82, 2.24) is 4.90 Å². The van der Waals surface area contributed by atoms with E-state index in [0.29, 0.717) is 6.42 Å². The van der Waals surface area contributed by atoms with Crippen LogP contribution in [0.3, 0.4) is 0 Å². The van der Waals surface area contributed by atoms with Crippen molar-refractivity contribution >= 4 is 5.97 Å². The van der Waals surface area contributed by atoms with E-state index in [2.05, 4.69) is 4.90 Å². The Kier molecular flexibility index (Phi) is 2.04. The maximum Gasteiger partial charge on any atom is 0.331 e. The summed E-state index contributed by atoms with van der Waals surface area (Å²) in [5.41, 5.74) is 0.523. The van der Waals surface area contributed by atoms with Gasteiger partial charge < -0.3 is 14.6 Å². The normalized spacial score (nSPS) is 49.9. The number of rotatable bonds is 1. The largest absolute Gasteiger partial charge is 0.450 e. The number of carbonyl (C=O) groups excluding carboxylic acids is 1. The summed E-state index contributed by atoms with van der Waals surface area (Å²) < 4.78 is 11.1. The van der Waals surface area contributed by atoms with Crippen LogP contribution in [0, 0.1) is 0 Å². The van der Waals surface area contributed by atoms with Crippen LogP contribution in [0.1, 0.15) is 19.3 Å². The van der Waals surface area contributed by atoms with Crippen molar-refractivity contribution in [3.63, 3.8) is 0 Å². The first-order valence-electron chi connectivity index (χ1n) is 6.54. The molecule has 0 aromatic carbocycles. The summed E-state index contributed by atoms with van der Waals surface area (Å²) >= 11 is 0. The van der Waals surface area contributed by atoms with Crippen LogP contribution in [-0.4, -0.2) is 59.5 Å². The zero-order valence-corrected chi connectivity index (χ0v) is 10.3. The van der Waals surface area contributed by atoms with E-state index in [1.54, 1.807) is 13.2 Å². The van der Waals surface area contributed by atoms with Crippen LogP contribution in [0.15, 0.2) is 11.6 Å². The molecular weight excluding hydrogens is 234 g/mol. The van der Waals surface area contributed by atoms with Crippen LogP contribution in [-0.2, 0) is 14.3 Å². The highest BCUT2D eigenvalue weighted by Gasteiger charge is 2.65. The summed E-state index contributed by atoms with van der Waals surface area (Å²) in [5.74, 6) is -0.249. The van der Waals surface area contributed by atoms with Crippen LogP contribution < -0.4 is 0 Å². The first-order chi connectivity index (χ1) is 8.64. The van der Waals surface area contributed by atoms with Gasteiger partial charge in [-0.15, -0.1) is 0 Å². The number of hydrogen-bond acceptors (Lipinski definition) is 5. The average molecular weight is 251 g/mol. The summed E-state index contributed by atoms with van der Waals surface area (Å²) in [6, 6.07) is 0.292. The van der Waals surface area contributed by atoms with Crippen LogP contribution in [0.25, 0.3) is 0 Å². The molecule has 2 bridgehead atoms. The van der Waals surface area contributed by atoms with Crippen LogP contribution >= 0.6 is 0 Å². The predicted octanol–water partition coefficient (Wildman–Crippen LogP) is -0.165. The van der Waals surface area contributed by atoms with E-state index in [9.17, 15) is 9.90 Å². The average Bonchev–Trinajstić information content (AvgIpc) is 2.93. The van der Waals surface area contributed by atoms with Gasteiger partial charge in [0, 0.05) is 38.6 Å². The van der Waals surface area contributed by atoms with Crippen molar-refractivity contribution in [2.75, 3.05) is 13.7 Å². The topological polar surface area (TPSA) is 59.0 Å². The fraction of sp³-hybridized carbons (Fsp3) is 0.769. The minimum absolute atomic E-state index is 0.109. The molecule has 0 unspecified atom stereocenters. The molecule has 0 amide bonds. The third-order valence-corrected chi connectivity index (χ3v) is 5.10. The Labute approximate surface area is 105 Å². The molecule has 0 aromatic rings. The number of nitrogens with zero attached hydrogens (tertiary/aromatic N) is 1. The monoisotopic (exact) mass is 251 g/mol. The van der Waals surface area contributed by atoms with E-state index in [1.165, 1.54) is 0 Å². The van der Waals surface area contributed by atoms with Gasteiger partial charge in [0.25, 0.3) is 0 Å². The summed E-state index contributed by atoms with van der Waals surface area (Å²) in [4.78, 5) is 13.9. The van der Waals surface area contributed by atoms with E-state index in [0.717, 1.165) is 25.0 Å². The second kappa shape index (κ2) is 3.35. The summed E-state index contributed by atoms with van der Waals surface area (Å²) in [5, 5.41) is 10.2. The molecule has 3 heterocycles. The number of fused-ring (bicyclic) bond motifs is 3. The summed E-state index contributed by atoms with van der Waals surface area (Å²) in [6.07, 6.45) is 3.57. The van der Waals surface area contributed by atoms with Crippen molar-refractivity contribution in [2.45, 2.75) is 49.2 Å². The van der Waals surface area contributed by atoms with Crippen molar-refractivity contribution in [1.29, 1.82) is 0 Å². The Balaban J connectivity index is 1.77. The van der Waals surface area contributed by atoms with E-state index >= 15 is 0 Å². The molecule has 1 N–H and O–H groups in total. The zero-order valence-electron chi connectivity index (χ0n) is 10.3. The van der Waals surface area contributed by atoms with Gasteiger partial charge in [-0.3, -0.25) is 4.90 Å². The molecule has 1 spiro atoms. The van der Waals surface area contributed by atoms with Gasteiger partial charge in [-0.2, -0.15) is 0 Å². The molecule has 5 atom stereocenters. The van der Waals surface area contributed by atoms with Gasteiger partial charge in [-0.1, -0.05) is 0 Å². The van der Waals surface area contributed by atoms with Gasteiger partial charge in [0.1, 0.15) is 0 Å². The first-order valence-corrected chi connectivity index (χ1v) is 6.54. The van der Waals surface area contributed by atoms with E-state index in [-0.39, 0.29) is 30.3 Å². The fourth-order valence-corrected chi connectivity index (χ4v) is 4.32. The molecule has 1 saturated carbocycles. The minimum atomic E-state index is -0.464. The number of hydrogen-bond donors (Lipinski definition) is 1. The van der Waals surface area contributed by atoms with Gasteiger partial charge in [-0.05, 0) is 12.0 Å². The van der Waals surface area contributed by atoms with Crippen molar-refractivity contribution in [2.24, 2.45) is 0 Å². The third-order valence-electron chi connectivity index (χ3n) is 5.10. The van der Waals surface area contributed by atoms with Gasteiger partial charge in [0.05, 0.1) is 18.2 Å². The third kappa shape index (κ3) is 1.15. The number of esters is 1. The van der Waals surface area contributed by atoms with Gasteiger partial charge in [0.2, 0.25) is 0 Å². The number of carbonyl (C=O) groups is 1. The molecule has 2 saturated heterocycles. The lowest BCUT2D eigenvalue weighted by Gasteiger charge is -2.35. The van der Waals surface area contributed by atoms with Crippen LogP contribution in [0.4, 0.5) is 0 Å². The second-order valence-corrected chi connectivity index (χ2v) is 5.83. The Morgan fingerprint density at radius 3 is 3.22 bits per heavy atom. The SMILES string of the molecule is CO[C@H]1C[C@H]2N(C1)[C@H]1C[C@@]23OC(=O)C=C3C[C@H]1O. The van der Waals surface area contributed by atoms with E-state index in [4.69, 9.17) is 9.47 Å². The van der Waals surface area contributed by atoms with Gasteiger partial charge in [0.15, 0.2) is 5.60 Å². The van der Waals surface area contributed by atoms with Crippen LogP contribution in [0.5, 0.6) is 0 Å². The molecule has 3 fully saturated rings. The standard InChI is InChI=1S/C13H17NO4/c1-17-8-4-11-13-5-9(14(11)6-8)10(15)2-7(13)3-12(16)18-13/h3,8-11,15H,2,4-6H2,1H3/t8-,9-,10+,11+,13-/m0/s1. The lowest BCUT2D eigenvalue weighted by molar-refractivity contribution is -0.148. The Hall–Kier alpha value is -0.910. The molecule has 1 aliphatic carbocycles.